The molecule has 0 amide bonds. The molecular formula is C17H28N2. The fourth-order valence-corrected chi connectivity index (χ4v) is 2.92. The van der Waals surface area contributed by atoms with Gasteiger partial charge in [0.15, 0.2) is 0 Å². The Morgan fingerprint density at radius 3 is 2.47 bits per heavy atom. The van der Waals surface area contributed by atoms with Crippen molar-refractivity contribution < 1.29 is 0 Å². The van der Waals surface area contributed by atoms with Crippen LogP contribution in [0, 0.1) is 5.92 Å². The van der Waals surface area contributed by atoms with Gasteiger partial charge in [0, 0.05) is 6.04 Å². The predicted molar refractivity (Wildman–Crippen MR) is 82.2 cm³/mol. The molecule has 1 aliphatic rings. The molecule has 1 saturated carbocycles. The van der Waals surface area contributed by atoms with Crippen molar-refractivity contribution >= 4 is 0 Å². The van der Waals surface area contributed by atoms with E-state index in [4.69, 9.17) is 5.73 Å². The summed E-state index contributed by atoms with van der Waals surface area (Å²) in [5.74, 6) is 0.869. The van der Waals surface area contributed by atoms with Crippen molar-refractivity contribution in [3.05, 3.63) is 35.9 Å². The Morgan fingerprint density at radius 2 is 1.74 bits per heavy atom. The highest BCUT2D eigenvalue weighted by Gasteiger charge is 2.17. The average molecular weight is 260 g/mol. The van der Waals surface area contributed by atoms with Crippen LogP contribution in [0.4, 0.5) is 0 Å². The van der Waals surface area contributed by atoms with E-state index in [9.17, 15) is 0 Å². The van der Waals surface area contributed by atoms with Gasteiger partial charge in [0.2, 0.25) is 0 Å². The molecule has 1 aromatic carbocycles. The van der Waals surface area contributed by atoms with E-state index < -0.39 is 0 Å². The van der Waals surface area contributed by atoms with Crippen molar-refractivity contribution in [2.45, 2.75) is 51.0 Å². The van der Waals surface area contributed by atoms with Crippen LogP contribution in [0.2, 0.25) is 0 Å². The van der Waals surface area contributed by atoms with Crippen LogP contribution in [-0.2, 0) is 6.42 Å². The minimum Gasteiger partial charge on any atom is -0.328 e. The van der Waals surface area contributed by atoms with E-state index >= 15 is 0 Å². The second-order valence-electron chi connectivity index (χ2n) is 5.93. The molecule has 1 fully saturated rings. The van der Waals surface area contributed by atoms with Gasteiger partial charge in [-0.1, -0.05) is 30.3 Å². The lowest BCUT2D eigenvalue weighted by atomic mass is 9.86. The lowest BCUT2D eigenvalue weighted by molar-refractivity contribution is 0.314. The fraction of sp³-hybridized carbons (Fsp3) is 0.647. The number of aryl methyl sites for hydroxylation is 1. The second kappa shape index (κ2) is 8.34. The molecule has 0 aliphatic heterocycles. The molecule has 19 heavy (non-hydrogen) atoms. The quantitative estimate of drug-likeness (QED) is 0.739. The fourth-order valence-electron chi connectivity index (χ4n) is 2.92. The zero-order chi connectivity index (χ0) is 13.3. The lowest BCUT2D eigenvalue weighted by Crippen LogP contribution is -2.32. The van der Waals surface area contributed by atoms with Gasteiger partial charge < -0.3 is 11.1 Å². The molecule has 1 aliphatic carbocycles. The van der Waals surface area contributed by atoms with Crippen LogP contribution in [0.5, 0.6) is 0 Å². The number of benzene rings is 1. The van der Waals surface area contributed by atoms with Gasteiger partial charge in [-0.05, 0) is 69.5 Å². The maximum absolute atomic E-state index is 5.93. The first kappa shape index (κ1) is 14.5. The molecule has 3 N–H and O–H groups in total. The Balaban J connectivity index is 1.46. The molecule has 2 heteroatoms. The minimum atomic E-state index is 0.474. The first-order chi connectivity index (χ1) is 9.34. The molecule has 0 spiro atoms. The van der Waals surface area contributed by atoms with Crippen molar-refractivity contribution in [3.8, 4) is 0 Å². The first-order valence-electron chi connectivity index (χ1n) is 7.85. The van der Waals surface area contributed by atoms with Gasteiger partial charge in [0.25, 0.3) is 0 Å². The maximum Gasteiger partial charge on any atom is 0.00390 e. The second-order valence-corrected chi connectivity index (χ2v) is 5.93. The van der Waals surface area contributed by atoms with Crippen LogP contribution in [0.15, 0.2) is 30.3 Å². The average Bonchev–Trinajstić information content (AvgIpc) is 2.46. The maximum atomic E-state index is 5.93. The lowest BCUT2D eigenvalue weighted by Gasteiger charge is -2.26. The zero-order valence-corrected chi connectivity index (χ0v) is 12.0. The summed E-state index contributed by atoms with van der Waals surface area (Å²) >= 11 is 0. The molecule has 0 atom stereocenters. The minimum absolute atomic E-state index is 0.474. The number of nitrogens with two attached hydrogens (primary N) is 1. The molecule has 106 valence electrons. The highest BCUT2D eigenvalue weighted by molar-refractivity contribution is 5.14. The van der Waals surface area contributed by atoms with E-state index in [2.05, 4.69) is 35.6 Å². The van der Waals surface area contributed by atoms with E-state index in [1.54, 1.807) is 0 Å². The number of hydrogen-bond donors (Lipinski definition) is 2. The van der Waals surface area contributed by atoms with Crippen LogP contribution in [0.1, 0.15) is 44.1 Å². The number of hydrogen-bond acceptors (Lipinski definition) is 2. The third kappa shape index (κ3) is 5.75. The summed E-state index contributed by atoms with van der Waals surface area (Å²) in [5.41, 5.74) is 7.39. The van der Waals surface area contributed by atoms with Crippen molar-refractivity contribution in [2.24, 2.45) is 11.7 Å². The molecule has 2 rings (SSSR count). The highest BCUT2D eigenvalue weighted by Crippen LogP contribution is 2.22. The Hall–Kier alpha value is -0.860. The molecule has 2 nitrogen and oxygen atoms in total. The van der Waals surface area contributed by atoms with Gasteiger partial charge in [-0.2, -0.15) is 0 Å². The highest BCUT2D eigenvalue weighted by atomic mass is 14.9. The first-order valence-corrected chi connectivity index (χ1v) is 7.85. The smallest absolute Gasteiger partial charge is 0.00390 e. The Morgan fingerprint density at radius 1 is 1.00 bits per heavy atom. The summed E-state index contributed by atoms with van der Waals surface area (Å²) in [6.07, 6.45) is 8.85. The summed E-state index contributed by atoms with van der Waals surface area (Å²) in [5, 5.41) is 3.62. The van der Waals surface area contributed by atoms with Crippen molar-refractivity contribution in [1.29, 1.82) is 0 Å². The van der Waals surface area contributed by atoms with Gasteiger partial charge in [-0.3, -0.25) is 0 Å². The van der Waals surface area contributed by atoms with Gasteiger partial charge in [0.05, 0.1) is 0 Å². The normalized spacial score (nSPS) is 23.4. The van der Waals surface area contributed by atoms with E-state index in [-0.39, 0.29) is 0 Å². The standard InChI is InChI=1S/C17H28N2/c18-17-11-9-16(10-12-17)14-19-13-5-4-8-15-6-2-1-3-7-15/h1-3,6-7,16-17,19H,4-5,8-14,18H2/t16-,17-. The molecule has 0 aromatic heterocycles. The predicted octanol–water partition coefficient (Wildman–Crippen LogP) is 3.12. The Bertz CT molecular complexity index is 328. The summed E-state index contributed by atoms with van der Waals surface area (Å²) in [6.45, 7) is 2.35. The van der Waals surface area contributed by atoms with Gasteiger partial charge in [-0.15, -0.1) is 0 Å². The van der Waals surface area contributed by atoms with Gasteiger partial charge in [-0.25, -0.2) is 0 Å². The number of unbranched alkanes of at least 4 members (excludes halogenated alkanes) is 1. The van der Waals surface area contributed by atoms with Crippen molar-refractivity contribution in [1.82, 2.24) is 5.32 Å². The van der Waals surface area contributed by atoms with Gasteiger partial charge >= 0.3 is 0 Å². The van der Waals surface area contributed by atoms with Crippen molar-refractivity contribution in [2.75, 3.05) is 13.1 Å². The van der Waals surface area contributed by atoms with Crippen molar-refractivity contribution in [3.63, 3.8) is 0 Å². The molecule has 0 saturated heterocycles. The SMILES string of the molecule is N[C@H]1CC[C@H](CNCCCCc2ccccc2)CC1. The van der Waals surface area contributed by atoms with E-state index in [0.717, 1.165) is 12.5 Å². The molecule has 1 aromatic rings. The van der Waals surface area contributed by atoms with Crippen LogP contribution >= 0.6 is 0 Å². The van der Waals surface area contributed by atoms with E-state index in [0.29, 0.717) is 6.04 Å². The number of rotatable bonds is 7. The molecule has 0 bridgehead atoms. The summed E-state index contributed by atoms with van der Waals surface area (Å²) in [6, 6.07) is 11.3. The Kier molecular flexibility index (Phi) is 6.38. The van der Waals surface area contributed by atoms with E-state index in [1.165, 1.54) is 57.1 Å². The van der Waals surface area contributed by atoms with Crippen LogP contribution in [0.3, 0.4) is 0 Å². The third-order valence-corrected chi connectivity index (χ3v) is 4.24. The van der Waals surface area contributed by atoms with Crippen LogP contribution < -0.4 is 11.1 Å². The third-order valence-electron chi connectivity index (χ3n) is 4.24. The molecule has 0 radical (unpaired) electrons. The van der Waals surface area contributed by atoms with Gasteiger partial charge in [0.1, 0.15) is 0 Å². The van der Waals surface area contributed by atoms with E-state index in [1.807, 2.05) is 0 Å². The molecule has 0 unspecified atom stereocenters. The summed E-state index contributed by atoms with van der Waals surface area (Å²) < 4.78 is 0. The topological polar surface area (TPSA) is 38.0 Å². The number of nitrogens with one attached hydrogen (secondary N) is 1. The zero-order valence-electron chi connectivity index (χ0n) is 12.0. The largest absolute Gasteiger partial charge is 0.328 e. The van der Waals surface area contributed by atoms with Crippen LogP contribution in [0.25, 0.3) is 0 Å². The monoisotopic (exact) mass is 260 g/mol. The Labute approximate surface area is 117 Å². The summed E-state index contributed by atoms with van der Waals surface area (Å²) in [7, 11) is 0. The summed E-state index contributed by atoms with van der Waals surface area (Å²) in [4.78, 5) is 0. The molecule has 0 heterocycles. The molecular weight excluding hydrogens is 232 g/mol. The van der Waals surface area contributed by atoms with Crippen LogP contribution in [-0.4, -0.2) is 19.1 Å².